The molecule has 4 heteroatoms. The maximum Gasteiger partial charge on any atom is 0.136 e. The number of aryl methyl sites for hydroxylation is 2. The average Bonchev–Trinajstić information content (AvgIpc) is 2.68. The summed E-state index contributed by atoms with van der Waals surface area (Å²) in [4.78, 5) is 12.5. The van der Waals surface area contributed by atoms with E-state index in [1.165, 1.54) is 17.7 Å². The normalized spacial score (nSPS) is 24.0. The molecular weight excluding hydrogens is 264 g/mol. The SMILES string of the molecule is Cc1nn(C)c(C)c1CCC(=O)C1CCOC2(CCC2)C1. The molecule has 2 aliphatic rings. The smallest absolute Gasteiger partial charge is 0.136 e. The molecule has 1 aliphatic heterocycles. The van der Waals surface area contributed by atoms with Gasteiger partial charge in [0.15, 0.2) is 0 Å². The van der Waals surface area contributed by atoms with Crippen LogP contribution in [0.25, 0.3) is 0 Å². The fraction of sp³-hybridized carbons (Fsp3) is 0.765. The van der Waals surface area contributed by atoms with Crippen LogP contribution in [0.3, 0.4) is 0 Å². The highest BCUT2D eigenvalue weighted by molar-refractivity contribution is 5.81. The van der Waals surface area contributed by atoms with E-state index in [2.05, 4.69) is 12.0 Å². The molecule has 0 N–H and O–H groups in total. The van der Waals surface area contributed by atoms with Crippen LogP contribution >= 0.6 is 0 Å². The van der Waals surface area contributed by atoms with Gasteiger partial charge in [-0.1, -0.05) is 0 Å². The second-order valence-electron chi connectivity index (χ2n) is 6.81. The molecule has 1 aromatic heterocycles. The van der Waals surface area contributed by atoms with Gasteiger partial charge < -0.3 is 4.74 Å². The minimum atomic E-state index is 0.0682. The zero-order valence-electron chi connectivity index (χ0n) is 13.4. The van der Waals surface area contributed by atoms with Crippen molar-refractivity contribution in [2.75, 3.05) is 6.61 Å². The summed E-state index contributed by atoms with van der Waals surface area (Å²) < 4.78 is 7.83. The highest BCUT2D eigenvalue weighted by Gasteiger charge is 2.44. The molecule has 0 aromatic carbocycles. The molecule has 1 saturated heterocycles. The van der Waals surface area contributed by atoms with Gasteiger partial charge in [-0.2, -0.15) is 5.10 Å². The van der Waals surface area contributed by atoms with Crippen LogP contribution in [0.5, 0.6) is 0 Å². The summed E-state index contributed by atoms with van der Waals surface area (Å²) in [6, 6.07) is 0. The Hall–Kier alpha value is -1.16. The van der Waals surface area contributed by atoms with Gasteiger partial charge in [0.1, 0.15) is 5.78 Å². The lowest BCUT2D eigenvalue weighted by Gasteiger charge is -2.46. The Labute approximate surface area is 126 Å². The van der Waals surface area contributed by atoms with Gasteiger partial charge in [-0.3, -0.25) is 9.48 Å². The van der Waals surface area contributed by atoms with Crippen LogP contribution in [0.15, 0.2) is 0 Å². The molecule has 1 unspecified atom stereocenters. The van der Waals surface area contributed by atoms with Crippen molar-refractivity contribution >= 4 is 5.78 Å². The Bertz CT molecular complexity index is 543. The Morgan fingerprint density at radius 2 is 2.19 bits per heavy atom. The summed E-state index contributed by atoms with van der Waals surface area (Å²) >= 11 is 0. The van der Waals surface area contributed by atoms with Crippen LogP contribution in [0.2, 0.25) is 0 Å². The molecule has 2 fully saturated rings. The first-order valence-corrected chi connectivity index (χ1v) is 8.16. The minimum absolute atomic E-state index is 0.0682. The highest BCUT2D eigenvalue weighted by atomic mass is 16.5. The first-order chi connectivity index (χ1) is 10.0. The summed E-state index contributed by atoms with van der Waals surface area (Å²) in [6.45, 7) is 4.88. The highest BCUT2D eigenvalue weighted by Crippen LogP contribution is 2.44. The molecule has 116 valence electrons. The van der Waals surface area contributed by atoms with Gasteiger partial charge in [0, 0.05) is 31.7 Å². The van der Waals surface area contributed by atoms with Crippen LogP contribution in [0, 0.1) is 19.8 Å². The molecule has 3 rings (SSSR count). The molecule has 0 radical (unpaired) electrons. The number of rotatable bonds is 4. The molecule has 0 bridgehead atoms. The van der Waals surface area contributed by atoms with Crippen molar-refractivity contribution in [2.45, 2.75) is 64.4 Å². The Morgan fingerprint density at radius 1 is 1.43 bits per heavy atom. The molecule has 4 nitrogen and oxygen atoms in total. The van der Waals surface area contributed by atoms with Crippen LogP contribution in [0.1, 0.15) is 55.5 Å². The number of nitrogens with zero attached hydrogens (tertiary/aromatic N) is 2. The Balaban J connectivity index is 1.59. The predicted octanol–water partition coefficient (Wildman–Crippen LogP) is 2.89. The van der Waals surface area contributed by atoms with Crippen molar-refractivity contribution in [1.82, 2.24) is 9.78 Å². The van der Waals surface area contributed by atoms with Gasteiger partial charge in [0.05, 0.1) is 11.3 Å². The monoisotopic (exact) mass is 290 g/mol. The summed E-state index contributed by atoms with van der Waals surface area (Å²) in [7, 11) is 1.96. The predicted molar refractivity (Wildman–Crippen MR) is 81.3 cm³/mol. The molecule has 21 heavy (non-hydrogen) atoms. The van der Waals surface area contributed by atoms with E-state index in [0.717, 1.165) is 44.4 Å². The fourth-order valence-electron chi connectivity index (χ4n) is 3.85. The Kier molecular flexibility index (Phi) is 3.91. The third-order valence-corrected chi connectivity index (χ3v) is 5.49. The maximum absolute atomic E-state index is 12.5. The van der Waals surface area contributed by atoms with Gasteiger partial charge in [0.25, 0.3) is 0 Å². The molecule has 1 aromatic rings. The van der Waals surface area contributed by atoms with Gasteiger partial charge >= 0.3 is 0 Å². The van der Waals surface area contributed by atoms with Crippen molar-refractivity contribution in [3.05, 3.63) is 17.0 Å². The number of Topliss-reactive ketones (excluding diaryl/α,β-unsaturated/α-hetero) is 1. The first-order valence-electron chi connectivity index (χ1n) is 8.16. The van der Waals surface area contributed by atoms with E-state index < -0.39 is 0 Å². The number of carbonyl (C=O) groups excluding carboxylic acids is 1. The molecule has 0 amide bonds. The van der Waals surface area contributed by atoms with Crippen LogP contribution in [-0.4, -0.2) is 27.8 Å². The van der Waals surface area contributed by atoms with Crippen molar-refractivity contribution in [3.8, 4) is 0 Å². The van der Waals surface area contributed by atoms with Gasteiger partial charge in [-0.05, 0) is 57.9 Å². The van der Waals surface area contributed by atoms with E-state index in [1.807, 2.05) is 18.7 Å². The standard InChI is InChI=1S/C17H26N2O2/c1-12-15(13(2)19(3)18-12)5-6-16(20)14-7-10-21-17(11-14)8-4-9-17/h14H,4-11H2,1-3H3. The van der Waals surface area contributed by atoms with Crippen LogP contribution < -0.4 is 0 Å². The Morgan fingerprint density at radius 3 is 2.76 bits per heavy atom. The van der Waals surface area contributed by atoms with E-state index in [4.69, 9.17) is 4.74 Å². The first kappa shape index (κ1) is 14.8. The van der Waals surface area contributed by atoms with Crippen LogP contribution in [-0.2, 0) is 23.0 Å². The van der Waals surface area contributed by atoms with E-state index in [0.29, 0.717) is 12.2 Å². The largest absolute Gasteiger partial charge is 0.375 e. The number of ketones is 1. The third kappa shape index (κ3) is 2.78. The second-order valence-corrected chi connectivity index (χ2v) is 6.81. The van der Waals surface area contributed by atoms with Crippen LogP contribution in [0.4, 0.5) is 0 Å². The van der Waals surface area contributed by atoms with E-state index in [1.54, 1.807) is 0 Å². The number of hydrogen-bond donors (Lipinski definition) is 0. The van der Waals surface area contributed by atoms with Crippen molar-refractivity contribution in [3.63, 3.8) is 0 Å². The number of carbonyl (C=O) groups is 1. The summed E-state index contributed by atoms with van der Waals surface area (Å²) in [5.74, 6) is 0.642. The van der Waals surface area contributed by atoms with Gasteiger partial charge in [-0.15, -0.1) is 0 Å². The second kappa shape index (κ2) is 5.56. The minimum Gasteiger partial charge on any atom is -0.375 e. The van der Waals surface area contributed by atoms with E-state index in [9.17, 15) is 4.79 Å². The lowest BCUT2D eigenvalue weighted by molar-refractivity contribution is -0.155. The third-order valence-electron chi connectivity index (χ3n) is 5.49. The van der Waals surface area contributed by atoms with Crippen molar-refractivity contribution in [1.29, 1.82) is 0 Å². The molecule has 1 aliphatic carbocycles. The topological polar surface area (TPSA) is 44.1 Å². The lowest BCUT2D eigenvalue weighted by atomic mass is 9.71. The fourth-order valence-corrected chi connectivity index (χ4v) is 3.85. The number of aromatic nitrogens is 2. The average molecular weight is 290 g/mol. The van der Waals surface area contributed by atoms with E-state index in [-0.39, 0.29) is 11.5 Å². The quantitative estimate of drug-likeness (QED) is 0.856. The molecule has 1 atom stereocenters. The zero-order chi connectivity index (χ0) is 15.0. The summed E-state index contributed by atoms with van der Waals surface area (Å²) in [5, 5.41) is 4.43. The van der Waals surface area contributed by atoms with Gasteiger partial charge in [0.2, 0.25) is 0 Å². The van der Waals surface area contributed by atoms with Crippen molar-refractivity contribution in [2.24, 2.45) is 13.0 Å². The van der Waals surface area contributed by atoms with Gasteiger partial charge in [-0.25, -0.2) is 0 Å². The molecule has 2 heterocycles. The maximum atomic E-state index is 12.5. The lowest BCUT2D eigenvalue weighted by Crippen LogP contribution is -2.47. The molecule has 1 saturated carbocycles. The van der Waals surface area contributed by atoms with Crippen molar-refractivity contribution < 1.29 is 9.53 Å². The summed E-state index contributed by atoms with van der Waals surface area (Å²) in [6.07, 6.45) is 6.90. The summed E-state index contributed by atoms with van der Waals surface area (Å²) in [5.41, 5.74) is 3.56. The molecular formula is C17H26N2O2. The number of hydrogen-bond acceptors (Lipinski definition) is 3. The van der Waals surface area contributed by atoms with E-state index >= 15 is 0 Å². The molecule has 1 spiro atoms. The zero-order valence-corrected chi connectivity index (χ0v) is 13.4. The number of ether oxygens (including phenoxy) is 1.